The number of amides is 2. The fourth-order valence-electron chi connectivity index (χ4n) is 10.7. The molecular formula is C50H60N10O6S. The summed E-state index contributed by atoms with van der Waals surface area (Å²) in [5.41, 5.74) is 7.15. The lowest BCUT2D eigenvalue weighted by Crippen LogP contribution is -2.58. The molecule has 16 nitrogen and oxygen atoms in total. The number of sulfone groups is 1. The molecule has 3 aliphatic heterocycles. The summed E-state index contributed by atoms with van der Waals surface area (Å²) in [7, 11) is -1.63. The van der Waals surface area contributed by atoms with Crippen molar-refractivity contribution in [3.8, 4) is 11.3 Å². The van der Waals surface area contributed by atoms with Gasteiger partial charge in [-0.2, -0.15) is 0 Å². The second-order valence-corrected chi connectivity index (χ2v) is 21.4. The van der Waals surface area contributed by atoms with Crippen molar-refractivity contribution >= 4 is 56.0 Å². The molecule has 6 heterocycles. The van der Waals surface area contributed by atoms with Gasteiger partial charge in [-0.3, -0.25) is 24.2 Å². The van der Waals surface area contributed by atoms with Crippen molar-refractivity contribution in [2.45, 2.75) is 89.6 Å². The van der Waals surface area contributed by atoms with Crippen LogP contribution in [0.5, 0.6) is 0 Å². The van der Waals surface area contributed by atoms with Crippen molar-refractivity contribution in [2.24, 2.45) is 12.5 Å². The summed E-state index contributed by atoms with van der Waals surface area (Å²) in [5.74, 6) is -0.149. The maximum atomic E-state index is 14.0. The lowest BCUT2D eigenvalue weighted by atomic mass is 9.90. The van der Waals surface area contributed by atoms with Gasteiger partial charge >= 0.3 is 0 Å². The van der Waals surface area contributed by atoms with Crippen molar-refractivity contribution in [2.75, 3.05) is 64.3 Å². The van der Waals surface area contributed by atoms with Gasteiger partial charge in [0.25, 0.3) is 11.5 Å². The molecule has 2 amide bonds. The molecule has 0 radical (unpaired) electrons. The minimum Gasteiger partial charge on any atom is -0.392 e. The van der Waals surface area contributed by atoms with E-state index in [9.17, 15) is 27.9 Å². The number of piperidine rings is 1. The first-order valence-electron chi connectivity index (χ1n) is 23.0. The number of hydrogen-bond donors (Lipinski definition) is 3. The number of aryl methyl sites for hydroxylation is 1. The predicted molar refractivity (Wildman–Crippen MR) is 262 cm³/mol. The first-order valence-corrected chi connectivity index (χ1v) is 24.9. The number of pyridine rings is 1. The number of nitrogens with zero attached hydrogens (tertiary/aromatic N) is 8. The molecule has 0 saturated carbocycles. The van der Waals surface area contributed by atoms with Crippen molar-refractivity contribution in [1.29, 1.82) is 0 Å². The Hall–Kier alpha value is -6.30. The van der Waals surface area contributed by atoms with E-state index in [0.29, 0.717) is 63.7 Å². The van der Waals surface area contributed by atoms with E-state index in [-0.39, 0.29) is 40.7 Å². The standard InChI is InChI=1S/C50H60N10O6S/c1-8-45(62)53-40-25-34(9-14-42(40)58-20-19-56(28-32(58)3)36-16-18-57(31(2)23-36)35-10-12-37(13-11-35)67(7,65)66)52-46-49(64)55(6)29-41(54-46)38-15-17-51-47(39(38)30-61)60-22-21-59-43(48(60)63)24-33-26-50(4,5)27-44(33)59/h8-15,17,24-25,29,31-32,36,61H,1,16,18-23,26-28,30H2,2-7H3,(H,52,54)(H,53,62)/t31-,32-,36?/m0/s1. The summed E-state index contributed by atoms with van der Waals surface area (Å²) < 4.78 is 27.6. The summed E-state index contributed by atoms with van der Waals surface area (Å²) in [6, 6.07) is 17.3. The Morgan fingerprint density at radius 1 is 0.970 bits per heavy atom. The van der Waals surface area contributed by atoms with E-state index in [1.54, 1.807) is 48.6 Å². The van der Waals surface area contributed by atoms with Crippen molar-refractivity contribution in [3.05, 3.63) is 113 Å². The highest BCUT2D eigenvalue weighted by atomic mass is 32.2. The maximum absolute atomic E-state index is 14.0. The third-order valence-corrected chi connectivity index (χ3v) is 15.2. The van der Waals surface area contributed by atoms with Gasteiger partial charge in [-0.15, -0.1) is 0 Å². The fraction of sp³-hybridized carbons (Fsp3) is 0.420. The molecule has 3 atom stereocenters. The summed E-state index contributed by atoms with van der Waals surface area (Å²) >= 11 is 0. The number of piperazine rings is 1. The molecule has 4 aliphatic rings. The van der Waals surface area contributed by atoms with Gasteiger partial charge in [0.05, 0.1) is 28.6 Å². The number of benzene rings is 2. The number of anilines is 6. The first-order chi connectivity index (χ1) is 31.9. The Kier molecular flexibility index (Phi) is 12.1. The van der Waals surface area contributed by atoms with Crippen LogP contribution in [0.2, 0.25) is 0 Å². The zero-order valence-corrected chi connectivity index (χ0v) is 39.9. The highest BCUT2D eigenvalue weighted by molar-refractivity contribution is 7.90. The van der Waals surface area contributed by atoms with E-state index < -0.39 is 16.4 Å². The van der Waals surface area contributed by atoms with Gasteiger partial charge in [0.15, 0.2) is 15.7 Å². The van der Waals surface area contributed by atoms with Crippen molar-refractivity contribution in [3.63, 3.8) is 0 Å². The Bertz CT molecular complexity index is 2940. The summed E-state index contributed by atoms with van der Waals surface area (Å²) in [6.07, 6.45) is 9.45. The molecule has 9 rings (SSSR count). The molecule has 352 valence electrons. The molecule has 3 aromatic heterocycles. The molecule has 1 unspecified atom stereocenters. The van der Waals surface area contributed by atoms with Crippen LogP contribution >= 0.6 is 0 Å². The summed E-state index contributed by atoms with van der Waals surface area (Å²) in [4.78, 5) is 59.1. The number of hydrogen-bond acceptors (Lipinski definition) is 12. The van der Waals surface area contributed by atoms with Crippen LogP contribution in [-0.4, -0.2) is 106 Å². The van der Waals surface area contributed by atoms with E-state index in [4.69, 9.17) is 4.98 Å². The molecule has 2 fully saturated rings. The third kappa shape index (κ3) is 8.87. The highest BCUT2D eigenvalue weighted by Crippen LogP contribution is 2.41. The maximum Gasteiger partial charge on any atom is 0.293 e. The summed E-state index contributed by atoms with van der Waals surface area (Å²) in [6.45, 7) is 16.4. The number of carbonyl (C=O) groups is 2. The van der Waals surface area contributed by atoms with Crippen LogP contribution in [0.25, 0.3) is 11.3 Å². The smallest absolute Gasteiger partial charge is 0.293 e. The molecule has 3 N–H and O–H groups in total. The molecule has 5 aromatic rings. The molecule has 2 aromatic carbocycles. The van der Waals surface area contributed by atoms with Crippen LogP contribution in [0.4, 0.5) is 34.4 Å². The lowest BCUT2D eigenvalue weighted by molar-refractivity contribution is -0.111. The van der Waals surface area contributed by atoms with E-state index in [0.717, 1.165) is 63.2 Å². The second kappa shape index (κ2) is 17.7. The molecule has 2 saturated heterocycles. The number of aliphatic hydroxyl groups excluding tert-OH is 1. The molecule has 0 bridgehead atoms. The van der Waals surface area contributed by atoms with E-state index in [1.807, 2.05) is 30.3 Å². The van der Waals surface area contributed by atoms with Gasteiger partial charge in [0.1, 0.15) is 11.5 Å². The Morgan fingerprint density at radius 2 is 1.75 bits per heavy atom. The zero-order chi connectivity index (χ0) is 47.5. The van der Waals surface area contributed by atoms with Gasteiger partial charge in [0, 0.05) is 111 Å². The van der Waals surface area contributed by atoms with Crippen molar-refractivity contribution in [1.82, 2.24) is 24.0 Å². The summed E-state index contributed by atoms with van der Waals surface area (Å²) in [5, 5.41) is 17.0. The van der Waals surface area contributed by atoms with Crippen LogP contribution in [0.15, 0.2) is 89.3 Å². The SMILES string of the molecule is C=CC(=O)Nc1cc(Nc2nc(-c3ccnc(N4CCn5c(cc6c5CC(C)(C)C6)C4=O)c3CO)cn(C)c2=O)ccc1N1CCN(C2CCN(c3ccc(S(C)(=O)=O)cc3)[C@@H](C)C2)C[C@@H]1C. The van der Waals surface area contributed by atoms with Gasteiger partial charge < -0.3 is 34.7 Å². The van der Waals surface area contributed by atoms with Crippen LogP contribution < -0.4 is 30.9 Å². The van der Waals surface area contributed by atoms with Crippen LogP contribution in [0.3, 0.4) is 0 Å². The number of nitrogens with one attached hydrogen (secondary N) is 2. The highest BCUT2D eigenvalue weighted by Gasteiger charge is 2.38. The monoisotopic (exact) mass is 928 g/mol. The number of aromatic nitrogens is 4. The Labute approximate surface area is 391 Å². The largest absolute Gasteiger partial charge is 0.392 e. The van der Waals surface area contributed by atoms with E-state index in [1.165, 1.54) is 28.2 Å². The molecular weight excluding hydrogens is 869 g/mol. The minimum absolute atomic E-state index is 0.0356. The Balaban J connectivity index is 0.921. The van der Waals surface area contributed by atoms with Crippen molar-refractivity contribution < 1.29 is 23.1 Å². The molecule has 17 heteroatoms. The van der Waals surface area contributed by atoms with Crippen LogP contribution in [0, 0.1) is 5.41 Å². The van der Waals surface area contributed by atoms with Gasteiger partial charge in [-0.05, 0) is 111 Å². The van der Waals surface area contributed by atoms with E-state index in [2.05, 4.69) is 69.2 Å². The number of aliphatic hydroxyl groups is 1. The normalized spacial score (nSPS) is 20.7. The van der Waals surface area contributed by atoms with Crippen LogP contribution in [0.1, 0.15) is 67.8 Å². The molecule has 67 heavy (non-hydrogen) atoms. The average Bonchev–Trinajstić information content (AvgIpc) is 3.79. The lowest BCUT2D eigenvalue weighted by Gasteiger charge is -2.48. The minimum atomic E-state index is -3.26. The fourth-order valence-corrected chi connectivity index (χ4v) is 11.4. The van der Waals surface area contributed by atoms with Gasteiger partial charge in [0.2, 0.25) is 5.91 Å². The topological polar surface area (TPSA) is 178 Å². The zero-order valence-electron chi connectivity index (χ0n) is 39.1. The predicted octanol–water partition coefficient (Wildman–Crippen LogP) is 5.76. The Morgan fingerprint density at radius 3 is 2.45 bits per heavy atom. The molecule has 1 aliphatic carbocycles. The van der Waals surface area contributed by atoms with Crippen LogP contribution in [-0.2, 0) is 47.7 Å². The first kappa shape index (κ1) is 45.8. The number of carbonyl (C=O) groups excluding carboxylic acids is 2. The van der Waals surface area contributed by atoms with Gasteiger partial charge in [-0.25, -0.2) is 18.4 Å². The van der Waals surface area contributed by atoms with Gasteiger partial charge in [-0.1, -0.05) is 20.4 Å². The number of rotatable bonds is 11. The average molecular weight is 929 g/mol. The second-order valence-electron chi connectivity index (χ2n) is 19.4. The number of fused-ring (bicyclic) bond motifs is 3. The third-order valence-electron chi connectivity index (χ3n) is 14.1. The quantitative estimate of drug-likeness (QED) is 0.137. The molecule has 0 spiro atoms. The van der Waals surface area contributed by atoms with E-state index >= 15 is 0 Å².